The van der Waals surface area contributed by atoms with E-state index in [1.807, 2.05) is 79.1 Å². The Hall–Kier alpha value is -16.6. The van der Waals surface area contributed by atoms with Gasteiger partial charge in [0.05, 0.1) is 22.8 Å². The number of nitrogens with zero attached hydrogens (tertiary/aromatic N) is 6. The van der Waals surface area contributed by atoms with Gasteiger partial charge >= 0.3 is 0 Å². The Kier molecular flexibility index (Phi) is 17.3. The Morgan fingerprint density at radius 3 is 0.836 bits per heavy atom. The third-order valence-corrected chi connectivity index (χ3v) is 23.4. The minimum atomic E-state index is 0.651. The lowest BCUT2D eigenvalue weighted by atomic mass is 9.93. The fraction of sp³-hybridized carbons (Fsp3) is 0. The fourth-order valence-electron chi connectivity index (χ4n) is 17.2. The monoisotopic (exact) mass is 1560 g/mol. The van der Waals surface area contributed by atoms with E-state index in [2.05, 4.69) is 331 Å². The smallest absolute Gasteiger partial charge is 0.161 e. The van der Waals surface area contributed by atoms with Gasteiger partial charge in [-0.3, -0.25) is 9.97 Å². The quantitative estimate of drug-likeness (QED) is 0.110. The van der Waals surface area contributed by atoms with Crippen molar-refractivity contribution in [3.8, 4) is 146 Å². The average Bonchev–Trinajstić information content (AvgIpc) is 1.50. The SMILES string of the molecule is c1ccc(-c2ccc(-c3nc(-c4ccc(-c5cccnc5)cc4)cc(-c4cc(-c5ccc6oc7ccccc7c6c5)cc(-c5ccc6oc7ccccc7c6c5)c4)n3)cc2)cc1.c1cncc(-c2ccc(-c3cc(-c4cc(-c5ccc6oc7ccccc7c6c5)cc(-c5ccc6oc7ccccc7c6c5)c4)nc(-c4cccc5ccccc45)n3)cc2)c1. The number of furan rings is 4. The van der Waals surface area contributed by atoms with Gasteiger partial charge in [0.2, 0.25) is 0 Å². The summed E-state index contributed by atoms with van der Waals surface area (Å²) >= 11 is 0. The Labute approximate surface area is 700 Å². The van der Waals surface area contributed by atoms with Gasteiger partial charge in [0.1, 0.15) is 44.7 Å². The van der Waals surface area contributed by atoms with E-state index in [1.165, 1.54) is 0 Å². The summed E-state index contributed by atoms with van der Waals surface area (Å²) in [4.78, 5) is 29.9. The van der Waals surface area contributed by atoms with Crippen LogP contribution in [0.1, 0.15) is 0 Å². The highest BCUT2D eigenvalue weighted by Crippen LogP contribution is 2.44. The standard InChI is InChI=1S/C57H35N3O2.C55H33N3O2/c1-2-9-36(10-3-1)37-18-22-40(23-19-37)57-59-51(39-20-16-38(17-21-39)43-11-8-28-58-35-43)34-52(60-57)46-30-44(41-24-26-55-49(32-41)47-12-4-6-14-53(47)61-55)29-45(31-46)42-25-27-56-50(33-42)48-13-5-7-15-54(48)62-56;1-2-12-43-35(9-1)10-7-15-46(43)55-57-49(36-20-18-34(19-21-36)39-11-8-26-56-33-39)32-50(58-55)42-28-40(37-22-24-53-47(30-37)44-13-3-5-16-51(44)59-53)27-41(29-42)38-23-25-54-48(31-38)45-14-4-6-17-52(45)60-54/h1-35H;1-33H. The molecule has 0 saturated carbocycles. The average molecular weight is 1560 g/mol. The molecule has 0 N–H and O–H groups in total. The molecule has 8 aromatic heterocycles. The molecule has 0 amide bonds. The number of benzene rings is 16. The van der Waals surface area contributed by atoms with E-state index in [-0.39, 0.29) is 0 Å². The summed E-state index contributed by atoms with van der Waals surface area (Å²) in [6, 6.07) is 135. The molecular formula is C112H68N6O4. The first-order valence-electron chi connectivity index (χ1n) is 40.8. The summed E-state index contributed by atoms with van der Waals surface area (Å²) in [5.74, 6) is 1.32. The Balaban J connectivity index is 0.000000142. The lowest BCUT2D eigenvalue weighted by molar-refractivity contribution is 0.668. The zero-order valence-electron chi connectivity index (χ0n) is 65.6. The van der Waals surface area contributed by atoms with Crippen molar-refractivity contribution in [2.45, 2.75) is 0 Å². The second-order valence-corrected chi connectivity index (χ2v) is 30.9. The minimum absolute atomic E-state index is 0.651. The second-order valence-electron chi connectivity index (χ2n) is 30.9. The van der Waals surface area contributed by atoms with Gasteiger partial charge in [0.25, 0.3) is 0 Å². The molecule has 0 aliphatic heterocycles. The molecule has 24 rings (SSSR count). The van der Waals surface area contributed by atoms with Crippen molar-refractivity contribution < 1.29 is 17.7 Å². The van der Waals surface area contributed by atoms with Gasteiger partial charge in [-0.15, -0.1) is 0 Å². The highest BCUT2D eigenvalue weighted by molar-refractivity contribution is 6.10. The Morgan fingerprint density at radius 2 is 0.443 bits per heavy atom. The summed E-state index contributed by atoms with van der Waals surface area (Å²) in [6.45, 7) is 0. The van der Waals surface area contributed by atoms with Crippen molar-refractivity contribution in [1.29, 1.82) is 0 Å². The van der Waals surface area contributed by atoms with Crippen molar-refractivity contribution in [1.82, 2.24) is 29.9 Å². The maximum atomic E-state index is 6.24. The molecule has 24 aromatic rings. The highest BCUT2D eigenvalue weighted by atomic mass is 16.3. The molecule has 0 aliphatic carbocycles. The van der Waals surface area contributed by atoms with Gasteiger partial charge in [-0.25, -0.2) is 19.9 Å². The molecule has 0 atom stereocenters. The van der Waals surface area contributed by atoms with Crippen molar-refractivity contribution >= 4 is 98.5 Å². The van der Waals surface area contributed by atoms with Crippen LogP contribution in [0.4, 0.5) is 0 Å². The topological polar surface area (TPSA) is 130 Å². The van der Waals surface area contributed by atoms with Crippen molar-refractivity contribution in [3.63, 3.8) is 0 Å². The van der Waals surface area contributed by atoms with E-state index in [9.17, 15) is 0 Å². The van der Waals surface area contributed by atoms with Crippen LogP contribution in [0.2, 0.25) is 0 Å². The zero-order chi connectivity index (χ0) is 80.6. The first-order chi connectivity index (χ1) is 60.3. The molecule has 8 heterocycles. The second kappa shape index (κ2) is 29.9. The molecule has 0 spiro atoms. The summed E-state index contributed by atoms with van der Waals surface area (Å²) in [5, 5.41) is 10.9. The molecule has 0 radical (unpaired) electrons. The number of fused-ring (bicyclic) bond motifs is 13. The largest absolute Gasteiger partial charge is 0.456 e. The van der Waals surface area contributed by atoms with Crippen LogP contribution in [-0.2, 0) is 0 Å². The van der Waals surface area contributed by atoms with Gasteiger partial charge in [-0.2, -0.15) is 0 Å². The number of hydrogen-bond donors (Lipinski definition) is 0. The molecule has 122 heavy (non-hydrogen) atoms. The predicted molar refractivity (Wildman–Crippen MR) is 497 cm³/mol. The first kappa shape index (κ1) is 70.8. The van der Waals surface area contributed by atoms with Crippen LogP contribution in [-0.4, -0.2) is 29.9 Å². The predicted octanol–water partition coefficient (Wildman–Crippen LogP) is 30.2. The van der Waals surface area contributed by atoms with Gasteiger partial charge in [0, 0.05) is 101 Å². The third kappa shape index (κ3) is 13.2. The number of pyridine rings is 2. The van der Waals surface area contributed by atoms with E-state index in [4.69, 9.17) is 37.6 Å². The van der Waals surface area contributed by atoms with Crippen molar-refractivity contribution in [3.05, 3.63) is 413 Å². The van der Waals surface area contributed by atoms with E-state index >= 15 is 0 Å². The Bertz CT molecular complexity index is 7810. The van der Waals surface area contributed by atoms with E-state index in [0.29, 0.717) is 11.6 Å². The third-order valence-electron chi connectivity index (χ3n) is 23.4. The van der Waals surface area contributed by atoms with E-state index in [0.717, 1.165) is 233 Å². The number of aromatic nitrogens is 6. The van der Waals surface area contributed by atoms with Crippen LogP contribution in [0.5, 0.6) is 0 Å². The normalized spacial score (nSPS) is 11.6. The van der Waals surface area contributed by atoms with Gasteiger partial charge in [-0.05, 0) is 222 Å². The number of para-hydroxylation sites is 4. The lowest BCUT2D eigenvalue weighted by Crippen LogP contribution is -1.97. The number of rotatable bonds is 13. The van der Waals surface area contributed by atoms with Crippen LogP contribution >= 0.6 is 0 Å². The summed E-state index contributed by atoms with van der Waals surface area (Å²) in [6.07, 6.45) is 7.37. The zero-order valence-corrected chi connectivity index (χ0v) is 65.6. The minimum Gasteiger partial charge on any atom is -0.456 e. The summed E-state index contributed by atoms with van der Waals surface area (Å²) < 4.78 is 25.0. The molecule has 10 heteroatoms. The Morgan fingerprint density at radius 1 is 0.156 bits per heavy atom. The molecule has 0 fully saturated rings. The first-order valence-corrected chi connectivity index (χ1v) is 40.8. The molecule has 0 aliphatic rings. The molecule has 10 nitrogen and oxygen atoms in total. The molecule has 0 saturated heterocycles. The van der Waals surface area contributed by atoms with Crippen molar-refractivity contribution in [2.24, 2.45) is 0 Å². The summed E-state index contributed by atoms with van der Waals surface area (Å²) in [7, 11) is 0. The van der Waals surface area contributed by atoms with Crippen LogP contribution in [0.3, 0.4) is 0 Å². The van der Waals surface area contributed by atoms with E-state index < -0.39 is 0 Å². The van der Waals surface area contributed by atoms with Crippen LogP contribution in [0.25, 0.3) is 244 Å². The summed E-state index contributed by atoms with van der Waals surface area (Å²) in [5.41, 5.74) is 31.4. The van der Waals surface area contributed by atoms with Crippen LogP contribution in [0, 0.1) is 0 Å². The van der Waals surface area contributed by atoms with Crippen molar-refractivity contribution in [2.75, 3.05) is 0 Å². The van der Waals surface area contributed by atoms with E-state index in [1.54, 1.807) is 12.4 Å². The van der Waals surface area contributed by atoms with Gasteiger partial charge in [0.15, 0.2) is 11.6 Å². The van der Waals surface area contributed by atoms with Gasteiger partial charge < -0.3 is 17.7 Å². The fourth-order valence-corrected chi connectivity index (χ4v) is 17.2. The van der Waals surface area contributed by atoms with Crippen LogP contribution in [0.15, 0.2) is 431 Å². The molecule has 16 aromatic carbocycles. The molecule has 0 bridgehead atoms. The number of hydrogen-bond acceptors (Lipinski definition) is 10. The molecule has 570 valence electrons. The maximum Gasteiger partial charge on any atom is 0.161 e. The molecule has 0 unspecified atom stereocenters. The highest BCUT2D eigenvalue weighted by Gasteiger charge is 2.22. The van der Waals surface area contributed by atoms with Crippen LogP contribution < -0.4 is 0 Å². The maximum absolute atomic E-state index is 6.24. The molecular weight excluding hydrogens is 1490 g/mol. The lowest BCUT2D eigenvalue weighted by Gasteiger charge is -2.14. The van der Waals surface area contributed by atoms with Gasteiger partial charge in [-0.1, -0.05) is 255 Å².